The maximum absolute atomic E-state index is 13.5. The Balaban J connectivity index is 1.66. The van der Waals surface area contributed by atoms with E-state index in [-0.39, 0.29) is 30.5 Å². The minimum atomic E-state index is -0.910. The second-order valence-electron chi connectivity index (χ2n) is 6.58. The van der Waals surface area contributed by atoms with Gasteiger partial charge in [0, 0.05) is 44.4 Å². The van der Waals surface area contributed by atoms with E-state index in [0.717, 1.165) is 17.8 Å². The predicted octanol–water partition coefficient (Wildman–Crippen LogP) is 3.12. The van der Waals surface area contributed by atoms with E-state index in [1.165, 1.54) is 0 Å². The Labute approximate surface area is 163 Å². The van der Waals surface area contributed by atoms with Gasteiger partial charge in [0.15, 0.2) is 0 Å². The van der Waals surface area contributed by atoms with E-state index in [1.807, 2.05) is 44.3 Å². The van der Waals surface area contributed by atoms with Crippen molar-refractivity contribution in [1.82, 2.24) is 10.6 Å². The summed E-state index contributed by atoms with van der Waals surface area (Å²) in [4.78, 5) is 25.9. The fraction of sp³-hybridized carbons (Fsp3) is 0.333. The van der Waals surface area contributed by atoms with E-state index in [2.05, 4.69) is 15.5 Å². The number of benzene rings is 2. The van der Waals surface area contributed by atoms with E-state index in [4.69, 9.17) is 0 Å². The summed E-state index contributed by atoms with van der Waals surface area (Å²) in [6.45, 7) is 2.74. The van der Waals surface area contributed by atoms with Crippen LogP contribution >= 0.6 is 0 Å². The lowest BCUT2D eigenvalue weighted by molar-refractivity contribution is -0.121. The first kappa shape index (κ1) is 21.3. The molecule has 0 heterocycles. The smallest absolute Gasteiger partial charge is 0.254 e. The average molecular weight is 389 g/mol. The average Bonchev–Trinajstić information content (AvgIpc) is 2.69. The van der Waals surface area contributed by atoms with Crippen LogP contribution < -0.4 is 15.5 Å². The normalized spacial score (nSPS) is 11.6. The molecule has 2 amide bonds. The molecule has 0 aliphatic heterocycles. The van der Waals surface area contributed by atoms with Gasteiger partial charge in [-0.15, -0.1) is 0 Å². The predicted molar refractivity (Wildman–Crippen MR) is 105 cm³/mol. The van der Waals surface area contributed by atoms with Crippen molar-refractivity contribution in [3.8, 4) is 0 Å². The molecule has 2 N–H and O–H groups in total. The van der Waals surface area contributed by atoms with Gasteiger partial charge in [-0.3, -0.25) is 9.59 Å². The fourth-order valence-electron chi connectivity index (χ4n) is 2.62. The van der Waals surface area contributed by atoms with Crippen LogP contribution in [0, 0.1) is 11.6 Å². The third-order valence-corrected chi connectivity index (χ3v) is 4.46. The number of hydrogen-bond acceptors (Lipinski definition) is 3. The molecule has 2 aromatic rings. The lowest BCUT2D eigenvalue weighted by atomic mass is 10.2. The molecule has 2 aromatic carbocycles. The highest BCUT2D eigenvalue weighted by atomic mass is 19.1. The summed E-state index contributed by atoms with van der Waals surface area (Å²) in [7, 11) is 1.97. The van der Waals surface area contributed by atoms with Crippen molar-refractivity contribution in [3.05, 3.63) is 65.7 Å². The third kappa shape index (κ3) is 6.33. The van der Waals surface area contributed by atoms with Crippen LogP contribution in [0.3, 0.4) is 0 Å². The van der Waals surface area contributed by atoms with Crippen LogP contribution in [0.2, 0.25) is 0 Å². The summed E-state index contributed by atoms with van der Waals surface area (Å²) in [5.74, 6) is -2.39. The van der Waals surface area contributed by atoms with Crippen molar-refractivity contribution in [2.45, 2.75) is 25.8 Å². The highest BCUT2D eigenvalue weighted by molar-refractivity contribution is 5.94. The monoisotopic (exact) mass is 389 g/mol. The van der Waals surface area contributed by atoms with Crippen molar-refractivity contribution in [2.75, 3.05) is 25.0 Å². The molecule has 0 saturated carbocycles. The van der Waals surface area contributed by atoms with Gasteiger partial charge in [-0.05, 0) is 37.6 Å². The van der Waals surface area contributed by atoms with Gasteiger partial charge >= 0.3 is 0 Å². The van der Waals surface area contributed by atoms with Gasteiger partial charge in [0.25, 0.3) is 5.91 Å². The van der Waals surface area contributed by atoms with Gasteiger partial charge < -0.3 is 15.5 Å². The van der Waals surface area contributed by atoms with E-state index in [9.17, 15) is 18.4 Å². The van der Waals surface area contributed by atoms with Gasteiger partial charge in [-0.25, -0.2) is 8.78 Å². The van der Waals surface area contributed by atoms with Gasteiger partial charge in [0.05, 0.1) is 5.56 Å². The molecule has 28 heavy (non-hydrogen) atoms. The highest BCUT2D eigenvalue weighted by Gasteiger charge is 2.13. The van der Waals surface area contributed by atoms with Gasteiger partial charge in [-0.2, -0.15) is 0 Å². The maximum Gasteiger partial charge on any atom is 0.254 e. The first-order chi connectivity index (χ1) is 13.4. The van der Waals surface area contributed by atoms with Gasteiger partial charge in [0.2, 0.25) is 5.91 Å². The fourth-order valence-corrected chi connectivity index (χ4v) is 2.62. The molecule has 0 saturated heterocycles. The molecular weight excluding hydrogens is 364 g/mol. The molecule has 0 aliphatic carbocycles. The van der Waals surface area contributed by atoms with Crippen LogP contribution in [0.5, 0.6) is 0 Å². The van der Waals surface area contributed by atoms with Gasteiger partial charge in [0.1, 0.15) is 11.6 Å². The molecule has 2 rings (SSSR count). The third-order valence-electron chi connectivity index (χ3n) is 4.46. The van der Waals surface area contributed by atoms with Crippen LogP contribution in [0.1, 0.15) is 30.1 Å². The van der Waals surface area contributed by atoms with E-state index < -0.39 is 17.5 Å². The molecule has 5 nitrogen and oxygen atoms in total. The second kappa shape index (κ2) is 10.4. The Bertz CT molecular complexity index is 799. The maximum atomic E-state index is 13.5. The van der Waals surface area contributed by atoms with Crippen molar-refractivity contribution in [2.24, 2.45) is 0 Å². The summed E-state index contributed by atoms with van der Waals surface area (Å²) in [5.41, 5.74) is 0.851. The Kier molecular flexibility index (Phi) is 7.92. The summed E-state index contributed by atoms with van der Waals surface area (Å²) in [6, 6.07) is 12.8. The number of amides is 2. The van der Waals surface area contributed by atoms with Crippen LogP contribution in [0.15, 0.2) is 48.5 Å². The zero-order valence-electron chi connectivity index (χ0n) is 16.0. The molecule has 0 fully saturated rings. The summed E-state index contributed by atoms with van der Waals surface area (Å²) in [6.07, 6.45) is 0.664. The number of anilines is 1. The minimum absolute atomic E-state index is 0.115. The summed E-state index contributed by atoms with van der Waals surface area (Å²) in [5, 5.41) is 5.40. The number of hydrogen-bond donors (Lipinski definition) is 2. The lowest BCUT2D eigenvalue weighted by Gasteiger charge is -2.27. The first-order valence-corrected chi connectivity index (χ1v) is 9.16. The number of likely N-dealkylation sites (N-methyl/N-ethyl adjacent to an activating group) is 1. The molecule has 0 aromatic heterocycles. The van der Waals surface area contributed by atoms with E-state index in [1.54, 1.807) is 0 Å². The van der Waals surface area contributed by atoms with E-state index >= 15 is 0 Å². The van der Waals surface area contributed by atoms with Crippen molar-refractivity contribution in [1.29, 1.82) is 0 Å². The molecule has 0 radical (unpaired) electrons. The van der Waals surface area contributed by atoms with Gasteiger partial charge in [-0.1, -0.05) is 18.2 Å². The number of nitrogens with zero attached hydrogens (tertiary/aromatic N) is 1. The van der Waals surface area contributed by atoms with Crippen LogP contribution in [0.25, 0.3) is 0 Å². The molecule has 0 spiro atoms. The lowest BCUT2D eigenvalue weighted by Crippen LogP contribution is -2.40. The van der Waals surface area contributed by atoms with E-state index in [0.29, 0.717) is 19.0 Å². The number of carbonyl (C=O) groups excluding carboxylic acids is 2. The molecule has 0 aliphatic rings. The molecule has 1 unspecified atom stereocenters. The number of rotatable bonds is 9. The van der Waals surface area contributed by atoms with Crippen LogP contribution in [-0.2, 0) is 4.79 Å². The Hall–Kier alpha value is -2.96. The summed E-state index contributed by atoms with van der Waals surface area (Å²) < 4.78 is 26.4. The molecule has 0 bridgehead atoms. The van der Waals surface area contributed by atoms with Crippen LogP contribution in [0.4, 0.5) is 14.5 Å². The molecular formula is C21H25F2N3O2. The van der Waals surface area contributed by atoms with Crippen molar-refractivity contribution < 1.29 is 18.4 Å². The van der Waals surface area contributed by atoms with Crippen molar-refractivity contribution >= 4 is 17.5 Å². The highest BCUT2D eigenvalue weighted by Crippen LogP contribution is 2.13. The molecule has 1 atom stereocenters. The zero-order valence-corrected chi connectivity index (χ0v) is 16.0. The number of carbonyl (C=O) groups is 2. The van der Waals surface area contributed by atoms with Crippen molar-refractivity contribution in [3.63, 3.8) is 0 Å². The Morgan fingerprint density at radius 2 is 1.79 bits per heavy atom. The summed E-state index contributed by atoms with van der Waals surface area (Å²) >= 11 is 0. The Morgan fingerprint density at radius 3 is 2.46 bits per heavy atom. The quantitative estimate of drug-likeness (QED) is 0.648. The number of halogens is 2. The minimum Gasteiger partial charge on any atom is -0.370 e. The SMILES string of the molecule is CC(CNC(=O)CCCNC(=O)c1ccc(F)cc1F)N(C)c1ccccc1. The molecule has 7 heteroatoms. The first-order valence-electron chi connectivity index (χ1n) is 9.16. The molecule has 150 valence electrons. The largest absolute Gasteiger partial charge is 0.370 e. The van der Waals surface area contributed by atoms with Crippen LogP contribution in [-0.4, -0.2) is 38.0 Å². The number of nitrogens with one attached hydrogen (secondary N) is 2. The Morgan fingerprint density at radius 1 is 1.07 bits per heavy atom. The second-order valence-corrected chi connectivity index (χ2v) is 6.58. The zero-order chi connectivity index (χ0) is 20.5. The standard InChI is InChI=1S/C21H25F2N3O2/c1-15(26(2)17-7-4-3-5-8-17)14-25-20(27)9-6-12-24-21(28)18-11-10-16(22)13-19(18)23/h3-5,7-8,10-11,13,15H,6,9,12,14H2,1-2H3,(H,24,28)(H,25,27). The number of para-hydroxylation sites is 1. The topological polar surface area (TPSA) is 61.4 Å².